The minimum Gasteiger partial charge on any atom is -0.376 e. The van der Waals surface area contributed by atoms with Crippen LogP contribution < -0.4 is 0 Å². The van der Waals surface area contributed by atoms with Crippen LogP contribution in [0.5, 0.6) is 0 Å². The lowest BCUT2D eigenvalue weighted by Gasteiger charge is -2.15. The standard InChI is InChI=1S/C12H13FN2O/c1-8-14-10-4-2-3-5-11(10)15(8)12-7-16-6-9(12)13/h2-5,9,12H,6-7H2,1H3/t9-,12-/m1/s1. The molecular weight excluding hydrogens is 207 g/mol. The van der Waals surface area contributed by atoms with E-state index in [1.54, 1.807) is 0 Å². The molecule has 4 heteroatoms. The first-order chi connectivity index (χ1) is 7.77. The van der Waals surface area contributed by atoms with Crippen LogP contribution in [-0.2, 0) is 4.74 Å². The molecule has 1 aliphatic heterocycles. The van der Waals surface area contributed by atoms with Crippen LogP contribution in [0.15, 0.2) is 24.3 Å². The third-order valence-electron chi connectivity index (χ3n) is 3.09. The first kappa shape index (κ1) is 9.78. The molecular formula is C12H13FN2O. The van der Waals surface area contributed by atoms with Crippen LogP contribution in [0.2, 0.25) is 0 Å². The van der Waals surface area contributed by atoms with E-state index in [9.17, 15) is 4.39 Å². The number of alkyl halides is 1. The summed E-state index contributed by atoms with van der Waals surface area (Å²) >= 11 is 0. The monoisotopic (exact) mass is 220 g/mol. The second kappa shape index (κ2) is 3.56. The van der Waals surface area contributed by atoms with E-state index in [-0.39, 0.29) is 12.6 Å². The molecule has 1 aromatic heterocycles. The fourth-order valence-corrected chi connectivity index (χ4v) is 2.34. The predicted molar refractivity (Wildman–Crippen MR) is 59.2 cm³/mol. The molecule has 0 N–H and O–H groups in total. The van der Waals surface area contributed by atoms with Gasteiger partial charge in [-0.05, 0) is 19.1 Å². The molecule has 84 valence electrons. The number of aromatic nitrogens is 2. The number of rotatable bonds is 1. The fraction of sp³-hybridized carbons (Fsp3) is 0.417. The number of hydrogen-bond acceptors (Lipinski definition) is 2. The van der Waals surface area contributed by atoms with Crippen molar-refractivity contribution in [1.29, 1.82) is 0 Å². The highest BCUT2D eigenvalue weighted by Crippen LogP contribution is 2.28. The smallest absolute Gasteiger partial charge is 0.146 e. The van der Waals surface area contributed by atoms with Gasteiger partial charge in [0, 0.05) is 0 Å². The number of para-hydroxylation sites is 2. The molecule has 0 aliphatic carbocycles. The van der Waals surface area contributed by atoms with Gasteiger partial charge < -0.3 is 9.30 Å². The normalized spacial score (nSPS) is 25.4. The summed E-state index contributed by atoms with van der Waals surface area (Å²) in [4.78, 5) is 4.43. The third kappa shape index (κ3) is 1.33. The molecule has 3 rings (SSSR count). The van der Waals surface area contributed by atoms with Crippen molar-refractivity contribution in [2.45, 2.75) is 19.1 Å². The summed E-state index contributed by atoms with van der Waals surface area (Å²) in [7, 11) is 0. The average molecular weight is 220 g/mol. The fourth-order valence-electron chi connectivity index (χ4n) is 2.34. The summed E-state index contributed by atoms with van der Waals surface area (Å²) < 4.78 is 20.8. The van der Waals surface area contributed by atoms with Crippen LogP contribution in [0.4, 0.5) is 4.39 Å². The Morgan fingerprint density at radius 2 is 2.19 bits per heavy atom. The molecule has 0 unspecified atom stereocenters. The van der Waals surface area contributed by atoms with Crippen molar-refractivity contribution in [3.05, 3.63) is 30.1 Å². The van der Waals surface area contributed by atoms with E-state index in [0.717, 1.165) is 16.9 Å². The van der Waals surface area contributed by atoms with Gasteiger partial charge >= 0.3 is 0 Å². The summed E-state index contributed by atoms with van der Waals surface area (Å²) in [6.45, 7) is 2.53. The number of imidazole rings is 1. The summed E-state index contributed by atoms with van der Waals surface area (Å²) in [5, 5.41) is 0. The van der Waals surface area contributed by atoms with Crippen molar-refractivity contribution in [3.8, 4) is 0 Å². The number of benzene rings is 1. The van der Waals surface area contributed by atoms with Gasteiger partial charge in [-0.15, -0.1) is 0 Å². The summed E-state index contributed by atoms with van der Waals surface area (Å²) in [6.07, 6.45) is -0.934. The Labute approximate surface area is 92.8 Å². The SMILES string of the molecule is Cc1nc2ccccc2n1[C@@H]1COC[C@H]1F. The van der Waals surface area contributed by atoms with Crippen molar-refractivity contribution in [3.63, 3.8) is 0 Å². The maximum absolute atomic E-state index is 13.7. The molecule has 0 amide bonds. The lowest BCUT2D eigenvalue weighted by molar-refractivity contribution is 0.172. The van der Waals surface area contributed by atoms with Crippen molar-refractivity contribution in [2.75, 3.05) is 13.2 Å². The lowest BCUT2D eigenvalue weighted by atomic mass is 10.2. The maximum Gasteiger partial charge on any atom is 0.146 e. The molecule has 2 atom stereocenters. The Morgan fingerprint density at radius 3 is 2.94 bits per heavy atom. The van der Waals surface area contributed by atoms with Crippen molar-refractivity contribution < 1.29 is 9.13 Å². The van der Waals surface area contributed by atoms with Gasteiger partial charge in [-0.2, -0.15) is 0 Å². The first-order valence-corrected chi connectivity index (χ1v) is 5.43. The van der Waals surface area contributed by atoms with Gasteiger partial charge in [0.2, 0.25) is 0 Å². The molecule has 2 aromatic rings. The Morgan fingerprint density at radius 1 is 1.38 bits per heavy atom. The van der Waals surface area contributed by atoms with Gasteiger partial charge in [-0.3, -0.25) is 0 Å². The summed E-state index contributed by atoms with van der Waals surface area (Å²) in [5.74, 6) is 0.847. The molecule has 1 saturated heterocycles. The lowest BCUT2D eigenvalue weighted by Crippen LogP contribution is -2.19. The molecule has 16 heavy (non-hydrogen) atoms. The average Bonchev–Trinajstić information content (AvgIpc) is 2.81. The Kier molecular flexibility index (Phi) is 2.17. The minimum atomic E-state index is -0.934. The number of hydrogen-bond donors (Lipinski definition) is 0. The molecule has 0 bridgehead atoms. The largest absolute Gasteiger partial charge is 0.376 e. The van der Waals surface area contributed by atoms with E-state index < -0.39 is 6.17 Å². The van der Waals surface area contributed by atoms with Gasteiger partial charge in [0.1, 0.15) is 12.0 Å². The number of aryl methyl sites for hydroxylation is 1. The molecule has 3 nitrogen and oxygen atoms in total. The molecule has 0 radical (unpaired) electrons. The van der Waals surface area contributed by atoms with E-state index in [1.807, 2.05) is 35.8 Å². The number of nitrogens with zero attached hydrogens (tertiary/aromatic N) is 2. The molecule has 0 saturated carbocycles. The van der Waals surface area contributed by atoms with E-state index in [0.29, 0.717) is 6.61 Å². The van der Waals surface area contributed by atoms with Gasteiger partial charge in [0.05, 0.1) is 30.3 Å². The van der Waals surface area contributed by atoms with Crippen molar-refractivity contribution >= 4 is 11.0 Å². The van der Waals surface area contributed by atoms with Crippen LogP contribution in [0, 0.1) is 6.92 Å². The molecule has 1 aromatic carbocycles. The number of halogens is 1. The predicted octanol–water partition coefficient (Wildman–Crippen LogP) is 2.25. The van der Waals surface area contributed by atoms with E-state index in [4.69, 9.17) is 4.74 Å². The summed E-state index contributed by atoms with van der Waals surface area (Å²) in [5.41, 5.74) is 1.90. The second-order valence-corrected chi connectivity index (χ2v) is 4.14. The summed E-state index contributed by atoms with van der Waals surface area (Å²) in [6, 6.07) is 7.58. The Balaban J connectivity index is 2.18. The maximum atomic E-state index is 13.7. The highest BCUT2D eigenvalue weighted by atomic mass is 19.1. The highest BCUT2D eigenvalue weighted by molar-refractivity contribution is 5.76. The second-order valence-electron chi connectivity index (χ2n) is 4.14. The minimum absolute atomic E-state index is 0.191. The Bertz CT molecular complexity index is 523. The number of fused-ring (bicyclic) bond motifs is 1. The van der Waals surface area contributed by atoms with Crippen molar-refractivity contribution in [1.82, 2.24) is 9.55 Å². The molecule has 1 aliphatic rings. The zero-order chi connectivity index (χ0) is 11.1. The van der Waals surface area contributed by atoms with Gasteiger partial charge in [0.15, 0.2) is 0 Å². The molecule has 2 heterocycles. The van der Waals surface area contributed by atoms with Crippen LogP contribution in [-0.4, -0.2) is 28.9 Å². The van der Waals surface area contributed by atoms with Gasteiger partial charge in [-0.25, -0.2) is 9.37 Å². The zero-order valence-electron chi connectivity index (χ0n) is 9.06. The Hall–Kier alpha value is -1.42. The quantitative estimate of drug-likeness (QED) is 0.737. The van der Waals surface area contributed by atoms with Gasteiger partial charge in [-0.1, -0.05) is 12.1 Å². The van der Waals surface area contributed by atoms with E-state index in [2.05, 4.69) is 4.98 Å². The topological polar surface area (TPSA) is 27.1 Å². The number of ether oxygens (including phenoxy) is 1. The first-order valence-electron chi connectivity index (χ1n) is 5.43. The molecule has 0 spiro atoms. The van der Waals surface area contributed by atoms with Crippen LogP contribution in [0.3, 0.4) is 0 Å². The van der Waals surface area contributed by atoms with Crippen LogP contribution in [0.1, 0.15) is 11.9 Å². The van der Waals surface area contributed by atoms with Crippen molar-refractivity contribution in [2.24, 2.45) is 0 Å². The van der Waals surface area contributed by atoms with Gasteiger partial charge in [0.25, 0.3) is 0 Å². The van der Waals surface area contributed by atoms with E-state index in [1.165, 1.54) is 0 Å². The van der Waals surface area contributed by atoms with Crippen LogP contribution >= 0.6 is 0 Å². The van der Waals surface area contributed by atoms with Crippen LogP contribution in [0.25, 0.3) is 11.0 Å². The zero-order valence-corrected chi connectivity index (χ0v) is 9.06. The molecule has 1 fully saturated rings. The highest BCUT2D eigenvalue weighted by Gasteiger charge is 2.31. The third-order valence-corrected chi connectivity index (χ3v) is 3.09. The van der Waals surface area contributed by atoms with E-state index >= 15 is 0 Å².